The highest BCUT2D eigenvalue weighted by Gasteiger charge is 2.17. The normalized spacial score (nSPS) is 11.7. The summed E-state index contributed by atoms with van der Waals surface area (Å²) >= 11 is 0. The Morgan fingerprint density at radius 3 is 1.88 bits per heavy atom. The first-order chi connectivity index (χ1) is 7.27. The van der Waals surface area contributed by atoms with Crippen LogP contribution in [0.15, 0.2) is 12.1 Å². The standard InChI is InChI=1S/C14H23NO/c1-10-7-12(14(3,4)5)8-11(2)13(10)15(6)9-16/h7-8,16H,9H2,1-6H3. The molecule has 2 nitrogen and oxygen atoms in total. The van der Waals surface area contributed by atoms with Gasteiger partial charge in [-0.1, -0.05) is 32.9 Å². The van der Waals surface area contributed by atoms with Crippen molar-refractivity contribution < 1.29 is 5.11 Å². The molecule has 0 aliphatic carbocycles. The zero-order chi connectivity index (χ0) is 12.5. The predicted octanol–water partition coefficient (Wildman–Crippen LogP) is 2.99. The van der Waals surface area contributed by atoms with Gasteiger partial charge >= 0.3 is 0 Å². The van der Waals surface area contributed by atoms with Crippen molar-refractivity contribution in [2.75, 3.05) is 18.7 Å². The lowest BCUT2D eigenvalue weighted by molar-refractivity contribution is 0.298. The Labute approximate surface area is 98.9 Å². The molecule has 1 aromatic carbocycles. The van der Waals surface area contributed by atoms with Crippen molar-refractivity contribution in [1.82, 2.24) is 0 Å². The molecular formula is C14H23NO. The zero-order valence-corrected chi connectivity index (χ0v) is 11.3. The van der Waals surface area contributed by atoms with Crippen molar-refractivity contribution in [3.05, 3.63) is 28.8 Å². The minimum absolute atomic E-state index is 0.0521. The molecule has 0 unspecified atom stereocenters. The summed E-state index contributed by atoms with van der Waals surface area (Å²) in [4.78, 5) is 1.87. The van der Waals surface area contributed by atoms with Crippen LogP contribution in [0.25, 0.3) is 0 Å². The second kappa shape index (κ2) is 4.46. The Morgan fingerprint density at radius 2 is 1.56 bits per heavy atom. The summed E-state index contributed by atoms with van der Waals surface area (Å²) in [6.45, 7) is 10.9. The molecule has 0 radical (unpaired) electrons. The molecule has 0 aliphatic rings. The number of aliphatic hydroxyl groups is 1. The summed E-state index contributed by atoms with van der Waals surface area (Å²) in [6.07, 6.45) is 0. The summed E-state index contributed by atoms with van der Waals surface area (Å²) in [5, 5.41) is 9.19. The van der Waals surface area contributed by atoms with E-state index in [4.69, 9.17) is 0 Å². The maximum Gasteiger partial charge on any atom is 0.115 e. The molecule has 0 amide bonds. The highest BCUT2D eigenvalue weighted by Crippen LogP contribution is 2.30. The topological polar surface area (TPSA) is 23.5 Å². The smallest absolute Gasteiger partial charge is 0.115 e. The van der Waals surface area contributed by atoms with E-state index >= 15 is 0 Å². The van der Waals surface area contributed by atoms with Gasteiger partial charge in [0.2, 0.25) is 0 Å². The van der Waals surface area contributed by atoms with Crippen molar-refractivity contribution in [3.63, 3.8) is 0 Å². The lowest BCUT2D eigenvalue weighted by Crippen LogP contribution is -2.21. The summed E-state index contributed by atoms with van der Waals surface area (Å²) in [5.74, 6) is 0. The highest BCUT2D eigenvalue weighted by atomic mass is 16.3. The SMILES string of the molecule is Cc1cc(C(C)(C)C)cc(C)c1N(C)CO. The second-order valence-electron chi connectivity index (χ2n) is 5.55. The van der Waals surface area contributed by atoms with Crippen LogP contribution in [0, 0.1) is 13.8 Å². The lowest BCUT2D eigenvalue weighted by Gasteiger charge is -2.26. The van der Waals surface area contributed by atoms with Gasteiger partial charge in [-0.25, -0.2) is 0 Å². The molecule has 0 atom stereocenters. The fourth-order valence-corrected chi connectivity index (χ4v) is 2.06. The van der Waals surface area contributed by atoms with E-state index in [9.17, 15) is 5.11 Å². The Morgan fingerprint density at radius 1 is 1.12 bits per heavy atom. The van der Waals surface area contributed by atoms with E-state index in [1.807, 2.05) is 11.9 Å². The number of nitrogens with zero attached hydrogens (tertiary/aromatic N) is 1. The molecule has 16 heavy (non-hydrogen) atoms. The first kappa shape index (κ1) is 13.0. The molecule has 1 aromatic rings. The third-order valence-electron chi connectivity index (χ3n) is 2.95. The average Bonchev–Trinajstić information content (AvgIpc) is 2.14. The van der Waals surface area contributed by atoms with E-state index in [1.165, 1.54) is 16.7 Å². The molecule has 1 N–H and O–H groups in total. The zero-order valence-electron chi connectivity index (χ0n) is 11.3. The van der Waals surface area contributed by atoms with Crippen LogP contribution in [-0.2, 0) is 5.41 Å². The van der Waals surface area contributed by atoms with Gasteiger partial charge in [0.1, 0.15) is 6.73 Å². The van der Waals surface area contributed by atoms with Crippen LogP contribution in [0.4, 0.5) is 5.69 Å². The van der Waals surface area contributed by atoms with Gasteiger partial charge < -0.3 is 10.0 Å². The van der Waals surface area contributed by atoms with Crippen LogP contribution >= 0.6 is 0 Å². The second-order valence-corrected chi connectivity index (χ2v) is 5.55. The Balaban J connectivity index is 3.28. The van der Waals surface area contributed by atoms with Gasteiger partial charge in [0, 0.05) is 12.7 Å². The molecule has 0 aromatic heterocycles. The van der Waals surface area contributed by atoms with Crippen molar-refractivity contribution >= 4 is 5.69 Å². The number of rotatable bonds is 2. The van der Waals surface area contributed by atoms with Gasteiger partial charge in [0.05, 0.1) is 0 Å². The predicted molar refractivity (Wildman–Crippen MR) is 70.1 cm³/mol. The monoisotopic (exact) mass is 221 g/mol. The number of aryl methyl sites for hydroxylation is 2. The minimum Gasteiger partial charge on any atom is -0.376 e. The Hall–Kier alpha value is -1.02. The fourth-order valence-electron chi connectivity index (χ4n) is 2.06. The molecule has 1 rings (SSSR count). The minimum atomic E-state index is 0.0521. The van der Waals surface area contributed by atoms with Crippen LogP contribution < -0.4 is 4.90 Å². The third kappa shape index (κ3) is 2.56. The first-order valence-electron chi connectivity index (χ1n) is 5.71. The van der Waals surface area contributed by atoms with Gasteiger partial charge in [-0.2, -0.15) is 0 Å². The maximum absolute atomic E-state index is 9.19. The number of hydrogen-bond donors (Lipinski definition) is 1. The van der Waals surface area contributed by atoms with Crippen molar-refractivity contribution in [2.24, 2.45) is 0 Å². The van der Waals surface area contributed by atoms with E-state index in [2.05, 4.69) is 46.8 Å². The summed E-state index contributed by atoms with van der Waals surface area (Å²) in [5.41, 5.74) is 5.10. The fraction of sp³-hybridized carbons (Fsp3) is 0.571. The maximum atomic E-state index is 9.19. The van der Waals surface area contributed by atoms with Crippen molar-refractivity contribution in [3.8, 4) is 0 Å². The van der Waals surface area contributed by atoms with Crippen LogP contribution in [0.1, 0.15) is 37.5 Å². The number of aliphatic hydroxyl groups excluding tert-OH is 1. The average molecular weight is 221 g/mol. The molecule has 0 aliphatic heterocycles. The summed E-state index contributed by atoms with van der Waals surface area (Å²) in [7, 11) is 1.91. The molecule has 0 fully saturated rings. The van der Waals surface area contributed by atoms with Gasteiger partial charge in [-0.05, 0) is 36.0 Å². The van der Waals surface area contributed by atoms with E-state index < -0.39 is 0 Å². The van der Waals surface area contributed by atoms with Gasteiger partial charge in [-0.3, -0.25) is 0 Å². The molecular weight excluding hydrogens is 198 g/mol. The quantitative estimate of drug-likeness (QED) is 0.776. The van der Waals surface area contributed by atoms with Crippen molar-refractivity contribution in [1.29, 1.82) is 0 Å². The summed E-state index contributed by atoms with van der Waals surface area (Å²) in [6, 6.07) is 4.43. The lowest BCUT2D eigenvalue weighted by atomic mass is 9.84. The van der Waals surface area contributed by atoms with Gasteiger partial charge in [0.15, 0.2) is 0 Å². The van der Waals surface area contributed by atoms with Gasteiger partial charge in [-0.15, -0.1) is 0 Å². The first-order valence-corrected chi connectivity index (χ1v) is 5.71. The van der Waals surface area contributed by atoms with E-state index in [1.54, 1.807) is 0 Å². The van der Waals surface area contributed by atoms with Crippen LogP contribution in [0.3, 0.4) is 0 Å². The molecule has 0 spiro atoms. The molecule has 0 heterocycles. The van der Waals surface area contributed by atoms with Gasteiger partial charge in [0.25, 0.3) is 0 Å². The molecule has 0 saturated heterocycles. The molecule has 0 bridgehead atoms. The molecule has 90 valence electrons. The van der Waals surface area contributed by atoms with Crippen LogP contribution in [-0.4, -0.2) is 18.9 Å². The van der Waals surface area contributed by atoms with E-state index in [-0.39, 0.29) is 12.1 Å². The van der Waals surface area contributed by atoms with Crippen molar-refractivity contribution in [2.45, 2.75) is 40.0 Å². The highest BCUT2D eigenvalue weighted by molar-refractivity contribution is 5.60. The molecule has 0 saturated carbocycles. The number of hydrogen-bond acceptors (Lipinski definition) is 2. The van der Waals surface area contributed by atoms with E-state index in [0.29, 0.717) is 0 Å². The van der Waals surface area contributed by atoms with Crippen LogP contribution in [0.2, 0.25) is 0 Å². The molecule has 2 heteroatoms. The number of anilines is 1. The third-order valence-corrected chi connectivity index (χ3v) is 2.95. The Kier molecular flexibility index (Phi) is 3.64. The largest absolute Gasteiger partial charge is 0.376 e. The Bertz CT molecular complexity index is 354. The summed E-state index contributed by atoms with van der Waals surface area (Å²) < 4.78 is 0. The van der Waals surface area contributed by atoms with E-state index in [0.717, 1.165) is 5.69 Å². The number of benzene rings is 1. The van der Waals surface area contributed by atoms with Crippen LogP contribution in [0.5, 0.6) is 0 Å².